The van der Waals surface area contributed by atoms with Crippen LogP contribution in [0.15, 0.2) is 54.6 Å². The fraction of sp³-hybridized carbons (Fsp3) is 0.304. The molecule has 1 aliphatic rings. The smallest absolute Gasteiger partial charge is 0.406 e. The lowest BCUT2D eigenvalue weighted by Gasteiger charge is -2.15. The first-order valence-electron chi connectivity index (χ1n) is 10.7. The summed E-state index contributed by atoms with van der Waals surface area (Å²) in [7, 11) is 0. The number of hydrogen-bond acceptors (Lipinski definition) is 7. The van der Waals surface area contributed by atoms with E-state index in [1.807, 2.05) is 0 Å². The van der Waals surface area contributed by atoms with Crippen LogP contribution in [0.4, 0.5) is 30.6 Å². The van der Waals surface area contributed by atoms with Crippen molar-refractivity contribution in [1.29, 1.82) is 0 Å². The molecule has 3 aromatic rings. The van der Waals surface area contributed by atoms with Crippen LogP contribution in [0, 0.1) is 10.1 Å². The first-order chi connectivity index (χ1) is 16.2. The third kappa shape index (κ3) is 6.33. The highest BCUT2D eigenvalue weighted by atomic mass is 19.4. The fourth-order valence-electron chi connectivity index (χ4n) is 3.83. The lowest BCUT2D eigenvalue weighted by Crippen LogP contribution is -2.18. The summed E-state index contributed by atoms with van der Waals surface area (Å²) in [6, 6.07) is 13.6. The minimum atomic E-state index is -4.80. The number of nitrogens with zero attached hydrogens (tertiary/aromatic N) is 3. The van der Waals surface area contributed by atoms with E-state index in [0.29, 0.717) is 28.6 Å². The number of nitrogens with one attached hydrogen (secondary N) is 2. The SMILES string of the molecule is O=[N+]([O-])c1cccc(CNc2cc(-c3cccc(OC(F)(F)F)c3)nc(NC3CCCC3)n2)c1. The van der Waals surface area contributed by atoms with Crippen molar-refractivity contribution in [2.45, 2.75) is 44.6 Å². The van der Waals surface area contributed by atoms with E-state index < -0.39 is 11.3 Å². The molecular weight excluding hydrogens is 451 g/mol. The predicted molar refractivity (Wildman–Crippen MR) is 120 cm³/mol. The summed E-state index contributed by atoms with van der Waals surface area (Å²) in [4.78, 5) is 19.6. The summed E-state index contributed by atoms with van der Waals surface area (Å²) < 4.78 is 42.0. The molecule has 8 nitrogen and oxygen atoms in total. The second-order valence-electron chi connectivity index (χ2n) is 7.94. The van der Waals surface area contributed by atoms with Gasteiger partial charge in [-0.05, 0) is 30.5 Å². The van der Waals surface area contributed by atoms with E-state index in [1.54, 1.807) is 24.3 Å². The molecule has 0 saturated heterocycles. The van der Waals surface area contributed by atoms with Gasteiger partial charge in [-0.25, -0.2) is 4.98 Å². The average Bonchev–Trinajstić information content (AvgIpc) is 3.30. The van der Waals surface area contributed by atoms with Gasteiger partial charge in [0.05, 0.1) is 10.6 Å². The second-order valence-corrected chi connectivity index (χ2v) is 7.94. The molecule has 0 amide bonds. The lowest BCUT2D eigenvalue weighted by atomic mass is 10.1. The van der Waals surface area contributed by atoms with Crippen molar-refractivity contribution in [1.82, 2.24) is 9.97 Å². The van der Waals surface area contributed by atoms with Crippen molar-refractivity contribution in [2.75, 3.05) is 10.6 Å². The molecule has 0 spiro atoms. The van der Waals surface area contributed by atoms with Gasteiger partial charge in [0.25, 0.3) is 5.69 Å². The van der Waals surface area contributed by atoms with Gasteiger partial charge in [-0.2, -0.15) is 4.98 Å². The Hall–Kier alpha value is -3.89. The zero-order valence-electron chi connectivity index (χ0n) is 18.0. The molecule has 11 heteroatoms. The minimum Gasteiger partial charge on any atom is -0.406 e. The molecular formula is C23H22F3N5O3. The largest absolute Gasteiger partial charge is 0.573 e. The molecule has 34 heavy (non-hydrogen) atoms. The molecule has 0 aliphatic heterocycles. The number of rotatable bonds is 8. The summed E-state index contributed by atoms with van der Waals surface area (Å²) in [5, 5.41) is 17.5. The highest BCUT2D eigenvalue weighted by Gasteiger charge is 2.31. The van der Waals surface area contributed by atoms with Crippen molar-refractivity contribution < 1.29 is 22.8 Å². The zero-order valence-corrected chi connectivity index (χ0v) is 18.0. The molecule has 1 aromatic heterocycles. The summed E-state index contributed by atoms with van der Waals surface area (Å²) in [6.07, 6.45) is -0.624. The number of nitro benzene ring substituents is 1. The van der Waals surface area contributed by atoms with Crippen LogP contribution in [0.3, 0.4) is 0 Å². The molecule has 0 unspecified atom stereocenters. The first-order valence-corrected chi connectivity index (χ1v) is 10.7. The number of anilines is 2. The number of non-ortho nitro benzene ring substituents is 1. The minimum absolute atomic E-state index is 0.0206. The molecule has 1 aliphatic carbocycles. The van der Waals surface area contributed by atoms with Crippen LogP contribution in [0.1, 0.15) is 31.2 Å². The Morgan fingerprint density at radius 3 is 2.56 bits per heavy atom. The van der Waals surface area contributed by atoms with Crippen LogP contribution < -0.4 is 15.4 Å². The van der Waals surface area contributed by atoms with Gasteiger partial charge in [-0.3, -0.25) is 10.1 Å². The number of benzene rings is 2. The molecule has 2 N–H and O–H groups in total. The number of halogens is 3. The molecule has 0 bridgehead atoms. The maximum atomic E-state index is 12.7. The molecule has 178 valence electrons. The van der Waals surface area contributed by atoms with Crippen LogP contribution >= 0.6 is 0 Å². The molecule has 1 fully saturated rings. The Morgan fingerprint density at radius 2 is 1.82 bits per heavy atom. The van der Waals surface area contributed by atoms with Gasteiger partial charge in [0.2, 0.25) is 5.95 Å². The number of alkyl halides is 3. The molecule has 1 heterocycles. The summed E-state index contributed by atoms with van der Waals surface area (Å²) in [5.41, 5.74) is 1.50. The standard InChI is InChI=1S/C23H22F3N5O3/c24-23(25,26)34-19-10-4-6-16(12-19)20-13-21(30-22(29-20)28-17-7-1-2-8-17)27-14-15-5-3-9-18(11-15)31(32)33/h3-6,9-13,17H,1-2,7-8,14H2,(H2,27,28,29,30). The molecule has 0 atom stereocenters. The highest BCUT2D eigenvalue weighted by molar-refractivity contribution is 5.66. The Kier molecular flexibility index (Phi) is 6.80. The van der Waals surface area contributed by atoms with Gasteiger partial charge in [0.15, 0.2) is 0 Å². The Morgan fingerprint density at radius 1 is 1.06 bits per heavy atom. The normalized spacial score (nSPS) is 14.1. The quantitative estimate of drug-likeness (QED) is 0.309. The maximum Gasteiger partial charge on any atom is 0.573 e. The van der Waals surface area contributed by atoms with E-state index in [2.05, 4.69) is 25.3 Å². The Bertz CT molecular complexity index is 1170. The Labute approximate surface area is 193 Å². The summed E-state index contributed by atoms with van der Waals surface area (Å²) >= 11 is 0. The molecule has 1 saturated carbocycles. The van der Waals surface area contributed by atoms with Crippen LogP contribution in [0.5, 0.6) is 5.75 Å². The van der Waals surface area contributed by atoms with E-state index in [4.69, 9.17) is 0 Å². The first kappa shape index (κ1) is 23.3. The predicted octanol–water partition coefficient (Wildman–Crippen LogP) is 5.92. The Balaban J connectivity index is 1.61. The number of nitro groups is 1. The second kappa shape index (κ2) is 9.94. The third-order valence-corrected chi connectivity index (χ3v) is 5.37. The van der Waals surface area contributed by atoms with Crippen molar-refractivity contribution >= 4 is 17.5 Å². The van der Waals surface area contributed by atoms with Gasteiger partial charge in [-0.15, -0.1) is 13.2 Å². The monoisotopic (exact) mass is 473 g/mol. The van der Waals surface area contributed by atoms with E-state index in [0.717, 1.165) is 25.7 Å². The topological polar surface area (TPSA) is 102 Å². The van der Waals surface area contributed by atoms with Crippen molar-refractivity contribution in [3.8, 4) is 17.0 Å². The van der Waals surface area contributed by atoms with Gasteiger partial charge in [0.1, 0.15) is 11.6 Å². The van der Waals surface area contributed by atoms with E-state index in [1.165, 1.54) is 30.3 Å². The van der Waals surface area contributed by atoms with E-state index in [9.17, 15) is 23.3 Å². The zero-order chi connectivity index (χ0) is 24.1. The van der Waals surface area contributed by atoms with Crippen LogP contribution in [0.2, 0.25) is 0 Å². The highest BCUT2D eigenvalue weighted by Crippen LogP contribution is 2.29. The number of ether oxygens (including phenoxy) is 1. The summed E-state index contributed by atoms with van der Waals surface area (Å²) in [6.45, 7) is 0.262. The van der Waals surface area contributed by atoms with Crippen molar-refractivity contribution in [2.24, 2.45) is 0 Å². The van der Waals surface area contributed by atoms with E-state index >= 15 is 0 Å². The number of aromatic nitrogens is 2. The van der Waals surface area contributed by atoms with Crippen LogP contribution in [0.25, 0.3) is 11.3 Å². The fourth-order valence-corrected chi connectivity index (χ4v) is 3.83. The van der Waals surface area contributed by atoms with Gasteiger partial charge in [-0.1, -0.05) is 37.1 Å². The van der Waals surface area contributed by atoms with E-state index in [-0.39, 0.29) is 24.0 Å². The molecule has 0 radical (unpaired) electrons. The van der Waals surface area contributed by atoms with Crippen molar-refractivity contribution in [3.63, 3.8) is 0 Å². The maximum absolute atomic E-state index is 12.7. The van der Waals surface area contributed by atoms with Crippen LogP contribution in [-0.2, 0) is 6.54 Å². The lowest BCUT2D eigenvalue weighted by molar-refractivity contribution is -0.384. The summed E-state index contributed by atoms with van der Waals surface area (Å²) in [5.74, 6) is 0.437. The third-order valence-electron chi connectivity index (χ3n) is 5.37. The number of hydrogen-bond donors (Lipinski definition) is 2. The van der Waals surface area contributed by atoms with Gasteiger partial charge in [0, 0.05) is 36.3 Å². The van der Waals surface area contributed by atoms with Gasteiger partial charge < -0.3 is 15.4 Å². The van der Waals surface area contributed by atoms with Crippen molar-refractivity contribution in [3.05, 3.63) is 70.3 Å². The average molecular weight is 473 g/mol. The van der Waals surface area contributed by atoms with Crippen LogP contribution in [-0.4, -0.2) is 27.3 Å². The molecule has 4 rings (SSSR count). The van der Waals surface area contributed by atoms with Gasteiger partial charge >= 0.3 is 6.36 Å². The molecule has 2 aromatic carbocycles.